The van der Waals surface area contributed by atoms with Crippen LogP contribution in [0, 0.1) is 39.9 Å². The molecule has 3 N–H and O–H groups in total. The summed E-state index contributed by atoms with van der Waals surface area (Å²) in [4.78, 5) is 28.5. The van der Waals surface area contributed by atoms with Crippen LogP contribution in [0.1, 0.15) is 82.4 Å². The highest BCUT2D eigenvalue weighted by Gasteiger charge is 2.69. The molecule has 1 aliphatic heterocycles. The second-order valence-electron chi connectivity index (χ2n) is 14.8. The van der Waals surface area contributed by atoms with Gasteiger partial charge in [-0.2, -0.15) is 8.42 Å². The van der Waals surface area contributed by atoms with Gasteiger partial charge in [-0.25, -0.2) is 4.99 Å². The molecule has 1 aromatic heterocycles. The Hall–Kier alpha value is -3.39. The van der Waals surface area contributed by atoms with Crippen LogP contribution in [-0.4, -0.2) is 54.3 Å². The minimum atomic E-state index is -4.35. The Labute approximate surface area is 271 Å². The zero-order valence-corrected chi connectivity index (χ0v) is 27.8. The fourth-order valence-electron chi connectivity index (χ4n) is 9.93. The molecule has 46 heavy (non-hydrogen) atoms. The number of methoxy groups -OCH3 is 1. The van der Waals surface area contributed by atoms with E-state index < -0.39 is 32.4 Å². The molecule has 242 valence electrons. The smallest absolute Gasteiger partial charge is 0.265 e. The number of hydrogen-bond donors (Lipinski definition) is 2. The molecule has 0 radical (unpaired) electrons. The summed E-state index contributed by atoms with van der Waals surface area (Å²) < 4.78 is 39.8. The lowest BCUT2D eigenvalue weighted by Gasteiger charge is -2.44. The topological polar surface area (TPSA) is 144 Å². The largest absolute Gasteiger partial charge is 0.382 e. The number of aromatic nitrogens is 1. The maximum atomic E-state index is 13.2. The molecular formula is C36H42N4O5S. The lowest BCUT2D eigenvalue weighted by atomic mass is 9.65. The number of carbonyl (C=O) groups is 1. The Kier molecular flexibility index (Phi) is 7.17. The highest BCUT2D eigenvalue weighted by molar-refractivity contribution is 7.85. The van der Waals surface area contributed by atoms with Crippen molar-refractivity contribution >= 4 is 27.4 Å². The summed E-state index contributed by atoms with van der Waals surface area (Å²) >= 11 is 0. The van der Waals surface area contributed by atoms with Gasteiger partial charge in [0.05, 0.1) is 23.0 Å². The van der Waals surface area contributed by atoms with Crippen molar-refractivity contribution in [3.63, 3.8) is 0 Å². The van der Waals surface area contributed by atoms with Gasteiger partial charge >= 0.3 is 0 Å². The summed E-state index contributed by atoms with van der Waals surface area (Å²) in [7, 11) is -2.57. The normalized spacial score (nSPS) is 30.8. The van der Waals surface area contributed by atoms with Gasteiger partial charge in [0.15, 0.2) is 5.66 Å². The minimum Gasteiger partial charge on any atom is -0.382 e. The van der Waals surface area contributed by atoms with Crippen LogP contribution in [0.15, 0.2) is 46.6 Å². The molecule has 1 aromatic carbocycles. The minimum absolute atomic E-state index is 0.00188. The molecule has 2 bridgehead atoms. The van der Waals surface area contributed by atoms with Crippen LogP contribution in [0.4, 0.5) is 0 Å². The second kappa shape index (κ2) is 10.6. The van der Waals surface area contributed by atoms with Crippen LogP contribution in [0.3, 0.4) is 0 Å². The van der Waals surface area contributed by atoms with E-state index in [1.165, 1.54) is 5.56 Å². The Morgan fingerprint density at radius 1 is 1.11 bits per heavy atom. The van der Waals surface area contributed by atoms with Gasteiger partial charge in [0, 0.05) is 48.0 Å². The van der Waals surface area contributed by atoms with E-state index in [0.717, 1.165) is 60.1 Å². The van der Waals surface area contributed by atoms with E-state index in [4.69, 9.17) is 20.5 Å². The van der Waals surface area contributed by atoms with Gasteiger partial charge in [-0.15, -0.1) is 5.92 Å². The molecule has 2 heterocycles. The van der Waals surface area contributed by atoms with Crippen molar-refractivity contribution < 1.29 is 22.5 Å². The Morgan fingerprint density at radius 3 is 2.57 bits per heavy atom. The number of carbonyl (C=O) groups excluding carboxylic acids is 1. The van der Waals surface area contributed by atoms with E-state index in [-0.39, 0.29) is 29.1 Å². The van der Waals surface area contributed by atoms with Crippen molar-refractivity contribution in [1.82, 2.24) is 4.98 Å². The average molecular weight is 643 g/mol. The van der Waals surface area contributed by atoms with Crippen LogP contribution in [-0.2, 0) is 31.7 Å². The molecule has 10 heteroatoms. The number of nitrogens with zero attached hydrogens (tertiary/aromatic N) is 3. The molecule has 2 aromatic rings. The number of ether oxygens (including phenoxy) is 1. The van der Waals surface area contributed by atoms with E-state index >= 15 is 0 Å². The Bertz CT molecular complexity index is 1860. The number of pyridine rings is 1. The monoisotopic (exact) mass is 642 g/mol. The number of aliphatic imine (C=N–C) groups is 2. The molecule has 4 atom stereocenters. The van der Waals surface area contributed by atoms with Gasteiger partial charge in [0.2, 0.25) is 0 Å². The van der Waals surface area contributed by atoms with E-state index in [1.54, 1.807) is 13.3 Å². The third-order valence-corrected chi connectivity index (χ3v) is 13.2. The van der Waals surface area contributed by atoms with E-state index in [1.807, 2.05) is 33.0 Å². The van der Waals surface area contributed by atoms with Gasteiger partial charge in [0.1, 0.15) is 11.6 Å². The first-order valence-corrected chi connectivity index (χ1v) is 17.8. The summed E-state index contributed by atoms with van der Waals surface area (Å²) in [5.74, 6) is 5.82. The van der Waals surface area contributed by atoms with E-state index in [2.05, 4.69) is 35.0 Å². The summed E-state index contributed by atoms with van der Waals surface area (Å²) in [5, 5.41) is 0. The fraction of sp³-hybridized carbons (Fsp3) is 0.556. The molecule has 0 amide bonds. The molecule has 4 aliphatic carbocycles. The number of Topliss-reactive ketones (excluding diaryl/α,β-unsaturated/α-hetero) is 1. The predicted octanol–water partition coefficient (Wildman–Crippen LogP) is 5.12. The van der Waals surface area contributed by atoms with Crippen molar-refractivity contribution in [1.29, 1.82) is 0 Å². The number of hydrogen-bond acceptors (Lipinski definition) is 8. The van der Waals surface area contributed by atoms with Gasteiger partial charge < -0.3 is 10.5 Å². The number of nitrogens with two attached hydrogens (primary N) is 1. The highest BCUT2D eigenvalue weighted by atomic mass is 32.2. The number of ketones is 1. The lowest BCUT2D eigenvalue weighted by molar-refractivity contribution is -0.128. The molecular weight excluding hydrogens is 600 g/mol. The SMILES string of the molecule is CC#Cc1cncc(-c2ccc3c(c2)[C@]2(N=C(N)C(CC4C[C@@]5(CS(=O)(=O)O)C(=O)C[C@@H]4C5(C)C)=N2)[C@]2(CC[C@H](OC)CC2)C3)c1. The van der Waals surface area contributed by atoms with Crippen LogP contribution in [0.5, 0.6) is 0 Å². The van der Waals surface area contributed by atoms with Crippen molar-refractivity contribution in [3.8, 4) is 23.0 Å². The highest BCUT2D eigenvalue weighted by Crippen LogP contribution is 2.68. The molecule has 1 unspecified atom stereocenters. The molecule has 0 saturated heterocycles. The second-order valence-corrected chi connectivity index (χ2v) is 16.2. The van der Waals surface area contributed by atoms with Crippen LogP contribution >= 0.6 is 0 Å². The molecule has 3 fully saturated rings. The Morgan fingerprint density at radius 2 is 1.87 bits per heavy atom. The van der Waals surface area contributed by atoms with Crippen LogP contribution in [0.2, 0.25) is 0 Å². The first-order chi connectivity index (χ1) is 21.8. The summed E-state index contributed by atoms with van der Waals surface area (Å²) in [5.41, 5.74) is 9.86. The van der Waals surface area contributed by atoms with Gasteiger partial charge in [-0.3, -0.25) is 19.3 Å². The number of benzene rings is 1. The molecule has 7 rings (SSSR count). The quantitative estimate of drug-likeness (QED) is 0.329. The third-order valence-electron chi connectivity index (χ3n) is 12.4. The number of amidine groups is 1. The average Bonchev–Trinajstić information content (AvgIpc) is 3.59. The van der Waals surface area contributed by atoms with Gasteiger partial charge in [-0.1, -0.05) is 31.9 Å². The van der Waals surface area contributed by atoms with E-state index in [0.29, 0.717) is 25.1 Å². The molecule has 2 spiro atoms. The third kappa shape index (κ3) is 4.53. The number of rotatable bonds is 6. The molecule has 9 nitrogen and oxygen atoms in total. The summed E-state index contributed by atoms with van der Waals surface area (Å²) in [6.07, 6.45) is 9.49. The maximum absolute atomic E-state index is 13.2. The molecule has 5 aliphatic rings. The van der Waals surface area contributed by atoms with Crippen LogP contribution in [0.25, 0.3) is 11.1 Å². The Balaban J connectivity index is 1.29. The van der Waals surface area contributed by atoms with Crippen molar-refractivity contribution in [2.24, 2.45) is 43.8 Å². The lowest BCUT2D eigenvalue weighted by Crippen LogP contribution is -2.43. The van der Waals surface area contributed by atoms with Crippen molar-refractivity contribution in [2.75, 3.05) is 12.9 Å². The van der Waals surface area contributed by atoms with Crippen molar-refractivity contribution in [2.45, 2.75) is 83.9 Å². The zero-order valence-electron chi connectivity index (χ0n) is 27.0. The number of fused-ring (bicyclic) bond motifs is 5. The van der Waals surface area contributed by atoms with Gasteiger partial charge in [-0.05, 0) is 92.4 Å². The van der Waals surface area contributed by atoms with Gasteiger partial charge in [0.25, 0.3) is 10.1 Å². The van der Waals surface area contributed by atoms with Crippen molar-refractivity contribution in [3.05, 3.63) is 53.3 Å². The standard InChI is InChI=1S/C36H42N4O5S/c1-5-6-22-13-26(20-38-19-22)23-7-8-24-17-34(11-9-27(45-4)10-12-34)36(29(24)14-23)39-30(32(37)40-36)15-25-18-35(21-46(42,43)44)31(41)16-28(25)33(35,2)3/h7-8,13-14,19-20,25,27-28H,9-12,15-18,21H2,1-4H3,(H2,37,40)(H,42,43,44)/t25?,27-,28-,34-,35+,36-/m0/s1. The molecule has 3 saturated carbocycles. The summed E-state index contributed by atoms with van der Waals surface area (Å²) in [6, 6.07) is 8.59. The fourth-order valence-corrected chi connectivity index (χ4v) is 11.2. The first-order valence-electron chi connectivity index (χ1n) is 16.2. The van der Waals surface area contributed by atoms with E-state index in [9.17, 15) is 17.8 Å². The predicted molar refractivity (Wildman–Crippen MR) is 177 cm³/mol. The maximum Gasteiger partial charge on any atom is 0.265 e. The summed E-state index contributed by atoms with van der Waals surface area (Å²) in [6.45, 7) is 5.75. The van der Waals surface area contributed by atoms with Crippen LogP contribution < -0.4 is 5.73 Å². The zero-order chi connectivity index (χ0) is 32.7. The first kappa shape index (κ1) is 31.2.